The van der Waals surface area contributed by atoms with Crippen molar-refractivity contribution in [2.24, 2.45) is 0 Å². The first kappa shape index (κ1) is 19.1. The number of hydrogen-bond donors (Lipinski definition) is 2. The van der Waals surface area contributed by atoms with Gasteiger partial charge in [0.15, 0.2) is 0 Å². The molecule has 22 heavy (non-hydrogen) atoms. The van der Waals surface area contributed by atoms with Crippen molar-refractivity contribution in [3.05, 3.63) is 29.3 Å². The lowest BCUT2D eigenvalue weighted by atomic mass is 9.99. The van der Waals surface area contributed by atoms with E-state index in [-0.39, 0.29) is 17.5 Å². The molecule has 1 rings (SSSR count). The summed E-state index contributed by atoms with van der Waals surface area (Å²) in [6.45, 7) is 7.25. The number of nitrogens with one attached hydrogen (secondary N) is 1. The van der Waals surface area contributed by atoms with Crippen molar-refractivity contribution < 1.29 is 18.9 Å². The molecule has 1 aromatic rings. The van der Waals surface area contributed by atoms with Gasteiger partial charge in [0.05, 0.1) is 6.61 Å². The maximum Gasteiger partial charge on any atom is 0.339 e. The zero-order valence-corrected chi connectivity index (χ0v) is 15.3. The maximum atomic E-state index is 11.5. The van der Waals surface area contributed by atoms with Gasteiger partial charge in [-0.3, -0.25) is 0 Å². The number of carboxylic acid groups (broad SMARTS) is 1. The number of aromatic carboxylic acids is 1. The van der Waals surface area contributed by atoms with E-state index in [4.69, 9.17) is 20.9 Å². The van der Waals surface area contributed by atoms with Crippen LogP contribution in [0.1, 0.15) is 56.5 Å². The molecule has 2 N–H and O–H groups in total. The molecule has 0 spiro atoms. The predicted molar refractivity (Wildman–Crippen MR) is 92.3 cm³/mol. The van der Waals surface area contributed by atoms with Crippen LogP contribution in [0.4, 0.5) is 0 Å². The minimum absolute atomic E-state index is 0.0665. The quantitative estimate of drug-likeness (QED) is 0.690. The molecule has 0 aliphatic rings. The van der Waals surface area contributed by atoms with Crippen LogP contribution in [0, 0.1) is 0 Å². The molecule has 0 amide bonds. The molecule has 1 atom stereocenters. The number of carboxylic acids is 1. The van der Waals surface area contributed by atoms with E-state index in [2.05, 4.69) is 5.09 Å². The first-order chi connectivity index (χ1) is 10.2. The first-order valence-corrected chi connectivity index (χ1v) is 9.92. The van der Waals surface area contributed by atoms with E-state index in [1.54, 1.807) is 6.07 Å². The van der Waals surface area contributed by atoms with Crippen molar-refractivity contribution in [1.82, 2.24) is 5.09 Å². The average molecular weight is 345 g/mol. The molecular weight excluding hydrogens is 321 g/mol. The van der Waals surface area contributed by atoms with E-state index in [0.29, 0.717) is 12.4 Å². The molecule has 0 heterocycles. The van der Waals surface area contributed by atoms with Gasteiger partial charge in [0.2, 0.25) is 0 Å². The van der Waals surface area contributed by atoms with E-state index in [1.807, 2.05) is 40.7 Å². The van der Waals surface area contributed by atoms with Gasteiger partial charge < -0.3 is 14.2 Å². The third kappa shape index (κ3) is 5.06. The van der Waals surface area contributed by atoms with Crippen LogP contribution in [-0.2, 0) is 16.3 Å². The predicted octanol–water partition coefficient (Wildman–Crippen LogP) is 4.15. The second-order valence-corrected chi connectivity index (χ2v) is 8.61. The van der Waals surface area contributed by atoms with Crippen LogP contribution in [0.15, 0.2) is 18.2 Å². The third-order valence-electron chi connectivity index (χ3n) is 2.82. The Balaban J connectivity index is 3.33. The fourth-order valence-electron chi connectivity index (χ4n) is 1.98. The highest BCUT2D eigenvalue weighted by Crippen LogP contribution is 2.48. The number of hydrogen-bond acceptors (Lipinski definition) is 4. The van der Waals surface area contributed by atoms with Crippen LogP contribution in [0.5, 0.6) is 5.75 Å². The summed E-state index contributed by atoms with van der Waals surface area (Å²) in [7, 11) is 0. The van der Waals surface area contributed by atoms with E-state index >= 15 is 0 Å². The van der Waals surface area contributed by atoms with Crippen molar-refractivity contribution in [3.63, 3.8) is 0 Å². The topological polar surface area (TPSA) is 67.8 Å². The number of benzene rings is 1. The number of carbonyl (C=O) groups is 1. The highest BCUT2D eigenvalue weighted by Gasteiger charge is 2.26. The van der Waals surface area contributed by atoms with Gasteiger partial charge in [0, 0.05) is 6.04 Å². The lowest BCUT2D eigenvalue weighted by Crippen LogP contribution is -2.24. The molecule has 0 radical (unpaired) electrons. The molecule has 0 fully saturated rings. The zero-order chi connectivity index (χ0) is 16.9. The molecule has 124 valence electrons. The van der Waals surface area contributed by atoms with Crippen LogP contribution >= 0.6 is 6.64 Å². The molecule has 0 aliphatic carbocycles. The number of para-hydroxylation sites is 1. The minimum atomic E-state index is -2.81. The molecule has 0 aliphatic heterocycles. The SMILES string of the molecule is CCOP(=S)(NC(C)C)Oc1c(C(=O)O)cccc1C(C)C. The zero-order valence-electron chi connectivity index (χ0n) is 13.6. The van der Waals surface area contributed by atoms with Crippen LogP contribution in [0.25, 0.3) is 0 Å². The Kier molecular flexibility index (Phi) is 7.00. The Morgan fingerprint density at radius 1 is 1.36 bits per heavy atom. The molecular formula is C15H24NO4PS. The van der Waals surface area contributed by atoms with Gasteiger partial charge in [-0.1, -0.05) is 26.0 Å². The summed E-state index contributed by atoms with van der Waals surface area (Å²) >= 11 is 5.51. The molecule has 0 saturated heterocycles. The summed E-state index contributed by atoms with van der Waals surface area (Å²) in [5, 5.41) is 12.5. The van der Waals surface area contributed by atoms with Crippen molar-refractivity contribution in [2.45, 2.75) is 46.6 Å². The van der Waals surface area contributed by atoms with Gasteiger partial charge in [0.1, 0.15) is 11.3 Å². The fourth-order valence-corrected chi connectivity index (χ4v) is 4.74. The van der Waals surface area contributed by atoms with Gasteiger partial charge in [-0.25, -0.2) is 9.88 Å². The van der Waals surface area contributed by atoms with Gasteiger partial charge in [0.25, 0.3) is 0 Å². The van der Waals surface area contributed by atoms with E-state index < -0.39 is 12.6 Å². The van der Waals surface area contributed by atoms with Crippen LogP contribution in [-0.4, -0.2) is 23.7 Å². The summed E-state index contributed by atoms with van der Waals surface area (Å²) in [5.41, 5.74) is 0.907. The van der Waals surface area contributed by atoms with Crippen molar-refractivity contribution in [2.75, 3.05) is 6.61 Å². The summed E-state index contributed by atoms with van der Waals surface area (Å²) in [4.78, 5) is 11.5. The molecule has 1 aromatic carbocycles. The molecule has 5 nitrogen and oxygen atoms in total. The molecule has 0 aromatic heterocycles. The molecule has 0 saturated carbocycles. The molecule has 7 heteroatoms. The smallest absolute Gasteiger partial charge is 0.339 e. The van der Waals surface area contributed by atoms with Crippen LogP contribution < -0.4 is 9.61 Å². The summed E-state index contributed by atoms with van der Waals surface area (Å²) in [5.74, 6) is -0.631. The molecule has 1 unspecified atom stereocenters. The normalized spacial score (nSPS) is 14.1. The van der Waals surface area contributed by atoms with E-state index in [0.717, 1.165) is 5.56 Å². The first-order valence-electron chi connectivity index (χ1n) is 7.28. The highest BCUT2D eigenvalue weighted by molar-refractivity contribution is 8.09. The Morgan fingerprint density at radius 2 is 2.00 bits per heavy atom. The minimum Gasteiger partial charge on any atom is -0.478 e. The van der Waals surface area contributed by atoms with Crippen LogP contribution in [0.2, 0.25) is 0 Å². The average Bonchev–Trinajstić information content (AvgIpc) is 2.37. The van der Waals surface area contributed by atoms with Crippen molar-refractivity contribution >= 4 is 24.4 Å². The van der Waals surface area contributed by atoms with Gasteiger partial charge in [-0.2, -0.15) is 0 Å². The Bertz CT molecular complexity index is 575. The monoisotopic (exact) mass is 345 g/mol. The van der Waals surface area contributed by atoms with Crippen molar-refractivity contribution in [1.29, 1.82) is 0 Å². The largest absolute Gasteiger partial charge is 0.478 e. The maximum absolute atomic E-state index is 11.5. The van der Waals surface area contributed by atoms with Gasteiger partial charge >= 0.3 is 12.6 Å². The van der Waals surface area contributed by atoms with E-state index in [1.165, 1.54) is 6.07 Å². The Labute approximate surface area is 137 Å². The Morgan fingerprint density at radius 3 is 2.45 bits per heavy atom. The van der Waals surface area contributed by atoms with Gasteiger partial charge in [-0.05, 0) is 50.1 Å². The standard InChI is InChI=1S/C15H24NO4PS/c1-6-19-21(22,16-11(4)5)20-14-12(10(2)3)8-7-9-13(14)15(17)18/h7-11H,6H2,1-5H3,(H,16,22)(H,17,18). The lowest BCUT2D eigenvalue weighted by molar-refractivity contribution is 0.0694. The van der Waals surface area contributed by atoms with E-state index in [9.17, 15) is 9.90 Å². The Hall–Kier alpha value is -0.940. The fraction of sp³-hybridized carbons (Fsp3) is 0.533. The van der Waals surface area contributed by atoms with Crippen LogP contribution in [0.3, 0.4) is 0 Å². The van der Waals surface area contributed by atoms with Gasteiger partial charge in [-0.15, -0.1) is 0 Å². The lowest BCUT2D eigenvalue weighted by Gasteiger charge is -2.27. The second kappa shape index (κ2) is 8.06. The molecule has 0 bridgehead atoms. The highest BCUT2D eigenvalue weighted by atomic mass is 32.5. The second-order valence-electron chi connectivity index (χ2n) is 5.47. The summed E-state index contributed by atoms with van der Waals surface area (Å²) in [6.07, 6.45) is 0. The summed E-state index contributed by atoms with van der Waals surface area (Å²) < 4.78 is 11.6. The third-order valence-corrected chi connectivity index (χ3v) is 5.53. The van der Waals surface area contributed by atoms with Crippen molar-refractivity contribution in [3.8, 4) is 5.75 Å². The summed E-state index contributed by atoms with van der Waals surface area (Å²) in [6, 6.07) is 5.15. The number of rotatable bonds is 8.